The Kier molecular flexibility index (Phi) is 5.55. The maximum atomic E-state index is 12.0. The number of hydrogen-bond donors (Lipinski definition) is 2. The minimum Gasteiger partial charge on any atom is -0.350 e. The van der Waals surface area contributed by atoms with Crippen molar-refractivity contribution in [1.29, 1.82) is 0 Å². The van der Waals surface area contributed by atoms with Crippen LogP contribution in [0.15, 0.2) is 24.3 Å². The monoisotopic (exact) mass is 262 g/mol. The summed E-state index contributed by atoms with van der Waals surface area (Å²) in [6.45, 7) is 8.53. The lowest BCUT2D eigenvalue weighted by atomic mass is 9.95. The minimum absolute atomic E-state index is 0.0579. The van der Waals surface area contributed by atoms with Crippen molar-refractivity contribution in [1.82, 2.24) is 5.32 Å². The van der Waals surface area contributed by atoms with E-state index in [0.717, 1.165) is 6.42 Å². The summed E-state index contributed by atoms with van der Waals surface area (Å²) in [4.78, 5) is 12.0. The fourth-order valence-corrected chi connectivity index (χ4v) is 1.96. The maximum absolute atomic E-state index is 12.0. The zero-order valence-corrected chi connectivity index (χ0v) is 12.5. The highest BCUT2D eigenvalue weighted by atomic mass is 16.1. The Hall–Kier alpha value is -1.35. The van der Waals surface area contributed by atoms with Gasteiger partial charge in [-0.3, -0.25) is 4.79 Å². The zero-order valence-electron chi connectivity index (χ0n) is 12.5. The summed E-state index contributed by atoms with van der Waals surface area (Å²) < 4.78 is 0. The van der Waals surface area contributed by atoms with Crippen LogP contribution < -0.4 is 11.1 Å². The average molecular weight is 262 g/mol. The van der Waals surface area contributed by atoms with Gasteiger partial charge in [0.05, 0.1) is 0 Å². The number of hydrogen-bond acceptors (Lipinski definition) is 2. The molecule has 0 aliphatic carbocycles. The van der Waals surface area contributed by atoms with Crippen LogP contribution in [0.25, 0.3) is 0 Å². The van der Waals surface area contributed by atoms with Crippen molar-refractivity contribution in [3.05, 3.63) is 35.4 Å². The molecule has 0 saturated carbocycles. The van der Waals surface area contributed by atoms with Crippen molar-refractivity contribution in [2.24, 2.45) is 5.73 Å². The number of carbonyl (C=O) groups is 1. The van der Waals surface area contributed by atoms with Gasteiger partial charge in [0.1, 0.15) is 0 Å². The van der Waals surface area contributed by atoms with Gasteiger partial charge in [-0.1, -0.05) is 38.1 Å². The molecule has 3 nitrogen and oxygen atoms in total. The highest BCUT2D eigenvalue weighted by Crippen LogP contribution is 2.20. The van der Waals surface area contributed by atoms with E-state index in [1.807, 2.05) is 13.8 Å². The molecule has 106 valence electrons. The first-order chi connectivity index (χ1) is 8.88. The Morgan fingerprint density at radius 3 is 2.37 bits per heavy atom. The summed E-state index contributed by atoms with van der Waals surface area (Å²) >= 11 is 0. The van der Waals surface area contributed by atoms with E-state index in [1.165, 1.54) is 11.1 Å². The summed E-state index contributed by atoms with van der Waals surface area (Å²) in [6, 6.07) is 8.50. The van der Waals surface area contributed by atoms with Crippen LogP contribution in [-0.4, -0.2) is 18.0 Å². The van der Waals surface area contributed by atoms with Crippen LogP contribution >= 0.6 is 0 Å². The van der Waals surface area contributed by atoms with Gasteiger partial charge in [-0.05, 0) is 37.3 Å². The zero-order chi connectivity index (χ0) is 14.5. The van der Waals surface area contributed by atoms with Crippen LogP contribution in [0.2, 0.25) is 0 Å². The SMILES string of the molecule is CCc1ccc(C(C)CC(=O)NC(C)(C)CN)cc1. The van der Waals surface area contributed by atoms with E-state index in [4.69, 9.17) is 5.73 Å². The van der Waals surface area contributed by atoms with Crippen LogP contribution in [0.1, 0.15) is 51.2 Å². The number of benzene rings is 1. The lowest BCUT2D eigenvalue weighted by Crippen LogP contribution is -2.49. The molecule has 0 aliphatic rings. The number of nitrogens with two attached hydrogens (primary N) is 1. The maximum Gasteiger partial charge on any atom is 0.221 e. The minimum atomic E-state index is -0.330. The summed E-state index contributed by atoms with van der Waals surface area (Å²) in [6.07, 6.45) is 1.54. The number of carbonyl (C=O) groups excluding carboxylic acids is 1. The van der Waals surface area contributed by atoms with Gasteiger partial charge in [-0.15, -0.1) is 0 Å². The first kappa shape index (κ1) is 15.7. The first-order valence-corrected chi connectivity index (χ1v) is 6.98. The third kappa shape index (κ3) is 5.03. The van der Waals surface area contributed by atoms with Crippen LogP contribution in [0.4, 0.5) is 0 Å². The van der Waals surface area contributed by atoms with Gasteiger partial charge < -0.3 is 11.1 Å². The topological polar surface area (TPSA) is 55.1 Å². The van der Waals surface area contributed by atoms with Gasteiger partial charge >= 0.3 is 0 Å². The predicted molar refractivity (Wildman–Crippen MR) is 80.1 cm³/mol. The second-order valence-corrected chi connectivity index (χ2v) is 5.84. The number of rotatable bonds is 6. The molecule has 1 unspecified atom stereocenters. The molecular weight excluding hydrogens is 236 g/mol. The second-order valence-electron chi connectivity index (χ2n) is 5.84. The third-order valence-corrected chi connectivity index (χ3v) is 3.44. The van der Waals surface area contributed by atoms with Gasteiger partial charge in [0, 0.05) is 18.5 Å². The van der Waals surface area contributed by atoms with Crippen molar-refractivity contribution in [3.63, 3.8) is 0 Å². The first-order valence-electron chi connectivity index (χ1n) is 6.98. The molecule has 1 amide bonds. The second kappa shape index (κ2) is 6.71. The Morgan fingerprint density at radius 1 is 1.32 bits per heavy atom. The standard InChI is InChI=1S/C16H26N2O/c1-5-13-6-8-14(9-7-13)12(2)10-15(19)18-16(3,4)11-17/h6-9,12H,5,10-11,17H2,1-4H3,(H,18,19). The Morgan fingerprint density at radius 2 is 1.89 bits per heavy atom. The van der Waals surface area contributed by atoms with E-state index >= 15 is 0 Å². The van der Waals surface area contributed by atoms with Gasteiger partial charge in [0.15, 0.2) is 0 Å². The smallest absolute Gasteiger partial charge is 0.221 e. The molecule has 0 aromatic heterocycles. The largest absolute Gasteiger partial charge is 0.350 e. The van der Waals surface area contributed by atoms with Gasteiger partial charge in [-0.25, -0.2) is 0 Å². The van der Waals surface area contributed by atoms with Gasteiger partial charge in [0.25, 0.3) is 0 Å². The Labute approximate surface area is 116 Å². The van der Waals surface area contributed by atoms with E-state index < -0.39 is 0 Å². The van der Waals surface area contributed by atoms with E-state index in [0.29, 0.717) is 13.0 Å². The number of amides is 1. The average Bonchev–Trinajstić information content (AvgIpc) is 2.38. The predicted octanol–water partition coefficient (Wildman–Crippen LogP) is 2.60. The Bertz CT molecular complexity index is 409. The number of aryl methyl sites for hydroxylation is 1. The molecule has 3 N–H and O–H groups in total. The summed E-state index contributed by atoms with van der Waals surface area (Å²) in [7, 11) is 0. The molecule has 1 aromatic carbocycles. The quantitative estimate of drug-likeness (QED) is 0.828. The van der Waals surface area contributed by atoms with Crippen molar-refractivity contribution in [3.8, 4) is 0 Å². The number of nitrogens with one attached hydrogen (secondary N) is 1. The lowest BCUT2D eigenvalue weighted by Gasteiger charge is -2.25. The molecule has 0 bridgehead atoms. The molecule has 0 spiro atoms. The van der Waals surface area contributed by atoms with Crippen molar-refractivity contribution >= 4 is 5.91 Å². The summed E-state index contributed by atoms with van der Waals surface area (Å²) in [5.74, 6) is 0.280. The van der Waals surface area contributed by atoms with Gasteiger partial charge in [0.2, 0.25) is 5.91 Å². The summed E-state index contributed by atoms with van der Waals surface area (Å²) in [5, 5.41) is 2.97. The summed E-state index contributed by atoms with van der Waals surface area (Å²) in [5.41, 5.74) is 7.81. The molecule has 0 heterocycles. The lowest BCUT2D eigenvalue weighted by molar-refractivity contribution is -0.122. The Balaban J connectivity index is 2.58. The highest BCUT2D eigenvalue weighted by molar-refractivity contribution is 5.77. The normalized spacial score (nSPS) is 13.1. The molecule has 0 saturated heterocycles. The fraction of sp³-hybridized carbons (Fsp3) is 0.562. The van der Waals surface area contributed by atoms with Crippen molar-refractivity contribution in [2.75, 3.05) is 6.54 Å². The molecule has 1 atom stereocenters. The van der Waals surface area contributed by atoms with Crippen LogP contribution in [0, 0.1) is 0 Å². The molecule has 0 aliphatic heterocycles. The van der Waals surface area contributed by atoms with E-state index in [1.54, 1.807) is 0 Å². The fourth-order valence-electron chi connectivity index (χ4n) is 1.96. The molecule has 0 fully saturated rings. The van der Waals surface area contributed by atoms with Crippen LogP contribution in [0.5, 0.6) is 0 Å². The molecule has 1 aromatic rings. The van der Waals surface area contributed by atoms with Crippen molar-refractivity contribution in [2.45, 2.75) is 52.0 Å². The van der Waals surface area contributed by atoms with Crippen LogP contribution in [0.3, 0.4) is 0 Å². The van der Waals surface area contributed by atoms with Crippen LogP contribution in [-0.2, 0) is 11.2 Å². The molecule has 0 radical (unpaired) electrons. The van der Waals surface area contributed by atoms with E-state index in [-0.39, 0.29) is 17.4 Å². The molecule has 3 heteroatoms. The highest BCUT2D eigenvalue weighted by Gasteiger charge is 2.19. The van der Waals surface area contributed by atoms with E-state index in [9.17, 15) is 4.79 Å². The molecular formula is C16H26N2O. The molecule has 1 rings (SSSR count). The van der Waals surface area contributed by atoms with Gasteiger partial charge in [-0.2, -0.15) is 0 Å². The van der Waals surface area contributed by atoms with E-state index in [2.05, 4.69) is 43.4 Å². The van der Waals surface area contributed by atoms with Crippen molar-refractivity contribution < 1.29 is 4.79 Å². The third-order valence-electron chi connectivity index (χ3n) is 3.44. The molecule has 19 heavy (non-hydrogen) atoms.